The Morgan fingerprint density at radius 1 is 1.20 bits per heavy atom. The van der Waals surface area contributed by atoms with E-state index in [0.29, 0.717) is 27.3 Å². The van der Waals surface area contributed by atoms with Gasteiger partial charge in [-0.2, -0.15) is 0 Å². The minimum Gasteiger partial charge on any atom is -0.454 e. The number of nitrogens with zero attached hydrogens (tertiary/aromatic N) is 1. The van der Waals surface area contributed by atoms with Gasteiger partial charge in [0, 0.05) is 4.47 Å². The molecule has 1 amide bonds. The fourth-order valence-corrected chi connectivity index (χ4v) is 4.27. The fourth-order valence-electron chi connectivity index (χ4n) is 2.59. The summed E-state index contributed by atoms with van der Waals surface area (Å²) in [7, 11) is 0. The van der Waals surface area contributed by atoms with Gasteiger partial charge in [0.25, 0.3) is 5.91 Å². The van der Waals surface area contributed by atoms with Crippen LogP contribution in [0.15, 0.2) is 51.8 Å². The standard InChI is InChI=1S/C18H12BrNO3S2/c19-13-8-15-14(22-10-23-15)6-12(13)7-16-17(21)20(18(24)25-16)9-11-4-2-1-3-5-11/h1-8H,9-10H2/b16-7-. The maximum Gasteiger partial charge on any atom is 0.266 e. The average molecular weight is 434 g/mol. The molecule has 4 nitrogen and oxygen atoms in total. The van der Waals surface area contributed by atoms with Gasteiger partial charge in [-0.1, -0.05) is 70.2 Å². The number of ether oxygens (including phenoxy) is 2. The normalized spacial score (nSPS) is 17.6. The first-order chi connectivity index (χ1) is 12.1. The van der Waals surface area contributed by atoms with Crippen LogP contribution in [0.5, 0.6) is 11.5 Å². The number of thiocarbonyl (C=S) groups is 1. The van der Waals surface area contributed by atoms with Crippen molar-refractivity contribution in [2.24, 2.45) is 0 Å². The van der Waals surface area contributed by atoms with Crippen LogP contribution >= 0.6 is 39.9 Å². The zero-order valence-electron chi connectivity index (χ0n) is 12.9. The van der Waals surface area contributed by atoms with Crippen molar-refractivity contribution in [3.8, 4) is 11.5 Å². The zero-order valence-corrected chi connectivity index (χ0v) is 16.1. The monoisotopic (exact) mass is 433 g/mol. The highest BCUT2D eigenvalue weighted by atomic mass is 79.9. The van der Waals surface area contributed by atoms with Gasteiger partial charge in [0.1, 0.15) is 4.32 Å². The number of rotatable bonds is 3. The molecule has 2 heterocycles. The lowest BCUT2D eigenvalue weighted by Crippen LogP contribution is -2.27. The van der Waals surface area contributed by atoms with E-state index in [4.69, 9.17) is 21.7 Å². The Bertz CT molecular complexity index is 899. The van der Waals surface area contributed by atoms with E-state index in [1.54, 1.807) is 4.90 Å². The van der Waals surface area contributed by atoms with E-state index in [1.807, 2.05) is 48.5 Å². The van der Waals surface area contributed by atoms with Crippen molar-refractivity contribution in [3.63, 3.8) is 0 Å². The lowest BCUT2D eigenvalue weighted by molar-refractivity contribution is -0.122. The number of hydrogen-bond acceptors (Lipinski definition) is 5. The molecule has 1 saturated heterocycles. The molecule has 25 heavy (non-hydrogen) atoms. The molecule has 2 aromatic carbocycles. The first-order valence-corrected chi connectivity index (χ1v) is 9.52. The molecule has 0 atom stereocenters. The van der Waals surface area contributed by atoms with E-state index in [-0.39, 0.29) is 12.7 Å². The first kappa shape index (κ1) is 16.6. The maximum atomic E-state index is 12.7. The molecule has 2 aromatic rings. The van der Waals surface area contributed by atoms with Crippen molar-refractivity contribution >= 4 is 56.2 Å². The summed E-state index contributed by atoms with van der Waals surface area (Å²) >= 11 is 10.2. The van der Waals surface area contributed by atoms with E-state index in [1.165, 1.54) is 11.8 Å². The van der Waals surface area contributed by atoms with E-state index in [9.17, 15) is 4.79 Å². The van der Waals surface area contributed by atoms with Crippen molar-refractivity contribution in [1.29, 1.82) is 0 Å². The smallest absolute Gasteiger partial charge is 0.266 e. The first-order valence-electron chi connectivity index (χ1n) is 7.50. The highest BCUT2D eigenvalue weighted by Gasteiger charge is 2.32. The Labute approximate surface area is 162 Å². The van der Waals surface area contributed by atoms with Gasteiger partial charge in [-0.25, -0.2) is 0 Å². The van der Waals surface area contributed by atoms with E-state index in [2.05, 4.69) is 15.9 Å². The Morgan fingerprint density at radius 3 is 2.68 bits per heavy atom. The second kappa shape index (κ2) is 6.82. The van der Waals surface area contributed by atoms with Crippen LogP contribution in [0, 0.1) is 0 Å². The van der Waals surface area contributed by atoms with Crippen molar-refractivity contribution in [3.05, 3.63) is 63.0 Å². The highest BCUT2D eigenvalue weighted by Crippen LogP contribution is 2.40. The third-order valence-corrected chi connectivity index (χ3v) is 5.90. The summed E-state index contributed by atoms with van der Waals surface area (Å²) in [6.45, 7) is 0.690. The summed E-state index contributed by atoms with van der Waals surface area (Å²) in [5, 5.41) is 0. The summed E-state index contributed by atoms with van der Waals surface area (Å²) in [4.78, 5) is 15.0. The fraction of sp³-hybridized carbons (Fsp3) is 0.111. The quantitative estimate of drug-likeness (QED) is 0.523. The number of carbonyl (C=O) groups excluding carboxylic acids is 1. The minimum absolute atomic E-state index is 0.0802. The SMILES string of the molecule is O=C1/C(=C/c2cc3c(cc2Br)OCO3)SC(=S)N1Cc1ccccc1. The Kier molecular flexibility index (Phi) is 4.54. The number of hydrogen-bond donors (Lipinski definition) is 0. The van der Waals surface area contributed by atoms with Crippen molar-refractivity contribution in [2.75, 3.05) is 6.79 Å². The van der Waals surface area contributed by atoms with Gasteiger partial charge in [-0.15, -0.1) is 0 Å². The van der Waals surface area contributed by atoms with Gasteiger partial charge in [0.2, 0.25) is 6.79 Å². The lowest BCUT2D eigenvalue weighted by atomic mass is 10.1. The van der Waals surface area contributed by atoms with E-state index >= 15 is 0 Å². The molecule has 1 fully saturated rings. The van der Waals surface area contributed by atoms with Crippen LogP contribution < -0.4 is 9.47 Å². The van der Waals surface area contributed by atoms with Gasteiger partial charge < -0.3 is 9.47 Å². The molecule has 0 unspecified atom stereocenters. The number of halogens is 1. The molecular weight excluding hydrogens is 422 g/mol. The summed E-state index contributed by atoms with van der Waals surface area (Å²) < 4.78 is 12.2. The lowest BCUT2D eigenvalue weighted by Gasteiger charge is -2.14. The molecule has 4 rings (SSSR count). The third-order valence-electron chi connectivity index (χ3n) is 3.84. The minimum atomic E-state index is -0.0802. The second-order valence-corrected chi connectivity index (χ2v) is 8.01. The maximum absolute atomic E-state index is 12.7. The molecule has 0 saturated carbocycles. The van der Waals surface area contributed by atoms with Crippen LogP contribution in [0.4, 0.5) is 0 Å². The van der Waals surface area contributed by atoms with Crippen LogP contribution in [0.25, 0.3) is 6.08 Å². The molecule has 0 N–H and O–H groups in total. The van der Waals surface area contributed by atoms with Crippen molar-refractivity contribution in [1.82, 2.24) is 4.90 Å². The molecule has 0 bridgehead atoms. The van der Waals surface area contributed by atoms with Gasteiger partial charge in [-0.05, 0) is 29.3 Å². The molecule has 126 valence electrons. The van der Waals surface area contributed by atoms with Crippen LogP contribution in [0.2, 0.25) is 0 Å². The van der Waals surface area contributed by atoms with Gasteiger partial charge >= 0.3 is 0 Å². The molecule has 0 aromatic heterocycles. The van der Waals surface area contributed by atoms with Crippen molar-refractivity contribution < 1.29 is 14.3 Å². The van der Waals surface area contributed by atoms with Gasteiger partial charge in [0.15, 0.2) is 11.5 Å². The third kappa shape index (κ3) is 3.31. The van der Waals surface area contributed by atoms with Crippen LogP contribution in [0.3, 0.4) is 0 Å². The summed E-state index contributed by atoms with van der Waals surface area (Å²) in [5.41, 5.74) is 1.90. The number of amides is 1. The van der Waals surface area contributed by atoms with E-state index in [0.717, 1.165) is 15.6 Å². The predicted octanol–water partition coefficient (Wildman–Crippen LogP) is 4.58. The largest absolute Gasteiger partial charge is 0.454 e. The summed E-state index contributed by atoms with van der Waals surface area (Å²) in [6, 6.07) is 13.5. The molecule has 2 aliphatic heterocycles. The summed E-state index contributed by atoms with van der Waals surface area (Å²) in [5.74, 6) is 1.29. The van der Waals surface area contributed by atoms with Gasteiger partial charge in [0.05, 0.1) is 11.4 Å². The Morgan fingerprint density at radius 2 is 1.92 bits per heavy atom. The summed E-state index contributed by atoms with van der Waals surface area (Å²) in [6.07, 6.45) is 1.83. The molecule has 7 heteroatoms. The average Bonchev–Trinajstić information content (AvgIpc) is 3.16. The molecule has 0 aliphatic carbocycles. The second-order valence-electron chi connectivity index (χ2n) is 5.48. The zero-order chi connectivity index (χ0) is 17.4. The molecular formula is C18H12BrNO3S2. The van der Waals surface area contributed by atoms with Crippen LogP contribution in [0.1, 0.15) is 11.1 Å². The van der Waals surface area contributed by atoms with E-state index < -0.39 is 0 Å². The molecule has 0 radical (unpaired) electrons. The topological polar surface area (TPSA) is 38.8 Å². The van der Waals surface area contributed by atoms with Crippen LogP contribution in [-0.4, -0.2) is 21.9 Å². The number of fused-ring (bicyclic) bond motifs is 1. The molecule has 0 spiro atoms. The van der Waals surface area contributed by atoms with Gasteiger partial charge in [-0.3, -0.25) is 9.69 Å². The Hall–Kier alpha value is -1.83. The van der Waals surface area contributed by atoms with Crippen molar-refractivity contribution in [2.45, 2.75) is 6.54 Å². The number of carbonyl (C=O) groups is 1. The number of benzene rings is 2. The number of thioether (sulfide) groups is 1. The molecule has 2 aliphatic rings. The Balaban J connectivity index is 1.60. The predicted molar refractivity (Wildman–Crippen MR) is 105 cm³/mol. The van der Waals surface area contributed by atoms with Crippen LogP contribution in [-0.2, 0) is 11.3 Å². The highest BCUT2D eigenvalue weighted by molar-refractivity contribution is 9.10.